The SMILES string of the molecule is Cn1nc([C@H]2CCC(=O)NC2=O)c2ccc(NC3CC[NH2+]CC3)cc21. The zero-order valence-electron chi connectivity index (χ0n) is 14.4. The van der Waals surface area contributed by atoms with E-state index in [1.807, 2.05) is 17.8 Å². The third kappa shape index (κ3) is 3.11. The van der Waals surface area contributed by atoms with Crippen LogP contribution in [0.25, 0.3) is 10.9 Å². The molecule has 2 aliphatic rings. The lowest BCUT2D eigenvalue weighted by Crippen LogP contribution is -2.87. The monoisotopic (exact) mass is 342 g/mol. The van der Waals surface area contributed by atoms with E-state index in [2.05, 4.69) is 33.2 Å². The second-order valence-corrected chi connectivity index (χ2v) is 7.03. The van der Waals surface area contributed by atoms with Gasteiger partial charge in [-0.1, -0.05) is 0 Å². The minimum absolute atomic E-state index is 0.197. The number of nitrogens with zero attached hydrogens (tertiary/aromatic N) is 2. The molecule has 0 saturated carbocycles. The van der Waals surface area contributed by atoms with Crippen LogP contribution in [-0.2, 0) is 16.6 Å². The Balaban J connectivity index is 1.62. The molecule has 0 bridgehead atoms. The molecule has 3 heterocycles. The molecule has 132 valence electrons. The second kappa shape index (κ2) is 6.48. The van der Waals surface area contributed by atoms with E-state index in [0.717, 1.165) is 22.3 Å². The maximum Gasteiger partial charge on any atom is 0.235 e. The molecule has 0 radical (unpaired) electrons. The van der Waals surface area contributed by atoms with Gasteiger partial charge in [-0.05, 0) is 24.6 Å². The van der Waals surface area contributed by atoms with Crippen LogP contribution in [0.2, 0.25) is 0 Å². The molecule has 2 amide bonds. The minimum atomic E-state index is -0.353. The van der Waals surface area contributed by atoms with Crippen LogP contribution in [0.1, 0.15) is 37.3 Å². The first-order valence-electron chi connectivity index (χ1n) is 9.00. The lowest BCUT2D eigenvalue weighted by atomic mass is 9.93. The van der Waals surface area contributed by atoms with E-state index in [1.165, 1.54) is 25.9 Å². The number of piperidine rings is 2. The Morgan fingerprint density at radius 2 is 2.04 bits per heavy atom. The molecule has 0 spiro atoms. The van der Waals surface area contributed by atoms with Crippen LogP contribution in [0, 0.1) is 0 Å². The third-order valence-corrected chi connectivity index (χ3v) is 5.26. The van der Waals surface area contributed by atoms with Gasteiger partial charge in [-0.15, -0.1) is 0 Å². The van der Waals surface area contributed by atoms with E-state index in [0.29, 0.717) is 18.9 Å². The number of carbonyl (C=O) groups excluding carboxylic acids is 2. The van der Waals surface area contributed by atoms with Gasteiger partial charge >= 0.3 is 0 Å². The molecule has 2 saturated heterocycles. The number of fused-ring (bicyclic) bond motifs is 1. The van der Waals surface area contributed by atoms with Gasteiger partial charge in [0.25, 0.3) is 0 Å². The summed E-state index contributed by atoms with van der Waals surface area (Å²) < 4.78 is 1.83. The Morgan fingerprint density at radius 3 is 2.80 bits per heavy atom. The minimum Gasteiger partial charge on any atom is -0.382 e. The fourth-order valence-corrected chi connectivity index (χ4v) is 3.89. The summed E-state index contributed by atoms with van der Waals surface area (Å²) in [6.07, 6.45) is 3.23. The number of nitrogens with one attached hydrogen (secondary N) is 2. The van der Waals surface area contributed by atoms with Crippen LogP contribution >= 0.6 is 0 Å². The molecule has 2 fully saturated rings. The van der Waals surface area contributed by atoms with Gasteiger partial charge < -0.3 is 10.6 Å². The van der Waals surface area contributed by atoms with Crippen molar-refractivity contribution in [2.75, 3.05) is 18.4 Å². The Labute approximate surface area is 146 Å². The molecule has 1 aromatic carbocycles. The first-order valence-corrected chi connectivity index (χ1v) is 9.00. The average Bonchev–Trinajstić information content (AvgIpc) is 2.92. The van der Waals surface area contributed by atoms with E-state index in [9.17, 15) is 9.59 Å². The van der Waals surface area contributed by atoms with Gasteiger partial charge in [0.05, 0.1) is 30.2 Å². The van der Waals surface area contributed by atoms with Gasteiger partial charge in [-0.25, -0.2) is 0 Å². The van der Waals surface area contributed by atoms with E-state index in [-0.39, 0.29) is 17.7 Å². The highest BCUT2D eigenvalue weighted by Gasteiger charge is 2.31. The summed E-state index contributed by atoms with van der Waals surface area (Å²) >= 11 is 0. The van der Waals surface area contributed by atoms with Gasteiger partial charge in [-0.2, -0.15) is 5.10 Å². The number of rotatable bonds is 3. The van der Waals surface area contributed by atoms with Crippen LogP contribution in [0.3, 0.4) is 0 Å². The maximum atomic E-state index is 12.2. The zero-order valence-corrected chi connectivity index (χ0v) is 14.4. The first-order chi connectivity index (χ1) is 12.1. The fourth-order valence-electron chi connectivity index (χ4n) is 3.89. The smallest absolute Gasteiger partial charge is 0.235 e. The normalized spacial score (nSPS) is 22.2. The van der Waals surface area contributed by atoms with Crippen molar-refractivity contribution in [3.63, 3.8) is 0 Å². The highest BCUT2D eigenvalue weighted by atomic mass is 16.2. The molecule has 1 aromatic heterocycles. The Kier molecular flexibility index (Phi) is 4.17. The number of anilines is 1. The van der Waals surface area contributed by atoms with E-state index < -0.39 is 0 Å². The number of benzene rings is 1. The van der Waals surface area contributed by atoms with Gasteiger partial charge in [0, 0.05) is 43.4 Å². The number of carbonyl (C=O) groups is 2. The summed E-state index contributed by atoms with van der Waals surface area (Å²) in [5, 5.41) is 14.0. The van der Waals surface area contributed by atoms with Crippen LogP contribution in [-0.4, -0.2) is 40.7 Å². The van der Waals surface area contributed by atoms with Crippen molar-refractivity contribution >= 4 is 28.4 Å². The fraction of sp³-hybridized carbons (Fsp3) is 0.500. The number of nitrogens with two attached hydrogens (primary N) is 1. The molecule has 2 aromatic rings. The van der Waals surface area contributed by atoms with E-state index in [1.54, 1.807) is 0 Å². The quantitative estimate of drug-likeness (QED) is 0.696. The average molecular weight is 342 g/mol. The van der Waals surface area contributed by atoms with Crippen LogP contribution in [0.4, 0.5) is 5.69 Å². The highest BCUT2D eigenvalue weighted by Crippen LogP contribution is 2.31. The number of hydrogen-bond acceptors (Lipinski definition) is 4. The van der Waals surface area contributed by atoms with Crippen molar-refractivity contribution in [2.45, 2.75) is 37.6 Å². The summed E-state index contributed by atoms with van der Waals surface area (Å²) in [4.78, 5) is 23.6. The molecule has 4 rings (SSSR count). The highest BCUT2D eigenvalue weighted by molar-refractivity contribution is 6.02. The lowest BCUT2D eigenvalue weighted by molar-refractivity contribution is -0.662. The molecular weight excluding hydrogens is 318 g/mol. The Bertz CT molecular complexity index is 822. The number of hydrogen-bond donors (Lipinski definition) is 3. The summed E-state index contributed by atoms with van der Waals surface area (Å²) in [6.45, 7) is 2.34. The standard InChI is InChI=1S/C18H23N5O2/c1-23-15-10-12(20-11-6-8-19-9-7-11)2-3-13(15)17(22-23)14-4-5-16(24)21-18(14)25/h2-3,10-11,14,19-20H,4-9H2,1H3,(H,21,24,25)/p+1/t14-/m1/s1. The summed E-state index contributed by atoms with van der Waals surface area (Å²) in [5.41, 5.74) is 2.87. The second-order valence-electron chi connectivity index (χ2n) is 7.03. The maximum absolute atomic E-state index is 12.2. The van der Waals surface area contributed by atoms with E-state index >= 15 is 0 Å². The topological polar surface area (TPSA) is 92.6 Å². The van der Waals surface area contributed by atoms with Gasteiger partial charge in [-0.3, -0.25) is 19.6 Å². The number of aryl methyl sites for hydroxylation is 1. The molecule has 0 unspecified atom stereocenters. The third-order valence-electron chi connectivity index (χ3n) is 5.26. The Morgan fingerprint density at radius 1 is 1.24 bits per heavy atom. The van der Waals surface area contributed by atoms with Crippen LogP contribution in [0.15, 0.2) is 18.2 Å². The largest absolute Gasteiger partial charge is 0.382 e. The van der Waals surface area contributed by atoms with Crippen molar-refractivity contribution < 1.29 is 14.9 Å². The van der Waals surface area contributed by atoms with E-state index in [4.69, 9.17) is 0 Å². The van der Waals surface area contributed by atoms with Crippen LogP contribution in [0.5, 0.6) is 0 Å². The number of quaternary nitrogens is 1. The number of imide groups is 1. The number of amides is 2. The molecule has 25 heavy (non-hydrogen) atoms. The number of aromatic nitrogens is 2. The molecule has 2 aliphatic heterocycles. The predicted molar refractivity (Wildman–Crippen MR) is 94.1 cm³/mol. The van der Waals surface area contributed by atoms with Crippen LogP contribution < -0.4 is 16.0 Å². The summed E-state index contributed by atoms with van der Waals surface area (Å²) in [6, 6.07) is 6.73. The predicted octanol–water partition coefficient (Wildman–Crippen LogP) is 0.231. The summed E-state index contributed by atoms with van der Waals surface area (Å²) in [5.74, 6) is -0.788. The molecule has 7 nitrogen and oxygen atoms in total. The first kappa shape index (κ1) is 16.1. The molecule has 1 atom stereocenters. The van der Waals surface area contributed by atoms with Crippen molar-refractivity contribution in [3.05, 3.63) is 23.9 Å². The molecule has 0 aliphatic carbocycles. The van der Waals surface area contributed by atoms with Crippen molar-refractivity contribution in [1.29, 1.82) is 0 Å². The Hall–Kier alpha value is -2.41. The van der Waals surface area contributed by atoms with Crippen molar-refractivity contribution in [1.82, 2.24) is 15.1 Å². The molecule has 7 heteroatoms. The molecular formula is C18H24N5O2+. The summed E-state index contributed by atoms with van der Waals surface area (Å²) in [7, 11) is 1.90. The molecule has 4 N–H and O–H groups in total. The van der Waals surface area contributed by atoms with Gasteiger partial charge in [0.15, 0.2) is 0 Å². The van der Waals surface area contributed by atoms with Gasteiger partial charge in [0.1, 0.15) is 0 Å². The van der Waals surface area contributed by atoms with Crippen molar-refractivity contribution in [2.24, 2.45) is 7.05 Å². The lowest BCUT2D eigenvalue weighted by Gasteiger charge is -2.22. The zero-order chi connectivity index (χ0) is 17.4. The van der Waals surface area contributed by atoms with Crippen molar-refractivity contribution in [3.8, 4) is 0 Å². The van der Waals surface area contributed by atoms with Gasteiger partial charge in [0.2, 0.25) is 11.8 Å².